The SMILES string of the molecule is COc1ccc(O)cc1N(CC(C)=O)S(=O)c1ccccc1. The molecule has 2 aromatic rings. The lowest BCUT2D eigenvalue weighted by atomic mass is 10.2. The van der Waals surface area contributed by atoms with E-state index >= 15 is 0 Å². The van der Waals surface area contributed by atoms with Gasteiger partial charge in [-0.25, -0.2) is 4.21 Å². The predicted molar refractivity (Wildman–Crippen MR) is 85.5 cm³/mol. The molecule has 0 bridgehead atoms. The highest BCUT2D eigenvalue weighted by Crippen LogP contribution is 2.33. The van der Waals surface area contributed by atoms with Crippen molar-refractivity contribution in [2.24, 2.45) is 0 Å². The van der Waals surface area contributed by atoms with Crippen molar-refractivity contribution < 1.29 is 18.8 Å². The molecule has 0 fully saturated rings. The van der Waals surface area contributed by atoms with E-state index in [0.29, 0.717) is 16.3 Å². The molecule has 0 saturated heterocycles. The number of rotatable bonds is 6. The zero-order valence-electron chi connectivity index (χ0n) is 12.4. The van der Waals surface area contributed by atoms with Crippen LogP contribution in [0.4, 0.5) is 5.69 Å². The van der Waals surface area contributed by atoms with Crippen molar-refractivity contribution in [3.8, 4) is 11.5 Å². The van der Waals surface area contributed by atoms with Gasteiger partial charge in [0.05, 0.1) is 24.2 Å². The second kappa shape index (κ2) is 7.09. The second-order valence-corrected chi connectivity index (χ2v) is 6.07. The van der Waals surface area contributed by atoms with E-state index in [1.54, 1.807) is 30.3 Å². The first-order valence-electron chi connectivity index (χ1n) is 6.64. The molecule has 1 unspecified atom stereocenters. The smallest absolute Gasteiger partial charge is 0.153 e. The third-order valence-electron chi connectivity index (χ3n) is 2.94. The standard InChI is InChI=1S/C16H17NO4S/c1-12(18)11-17(22(20)14-6-4-3-5-7-14)15-10-13(19)8-9-16(15)21-2/h3-10,19H,11H2,1-2H3. The molecule has 0 aromatic heterocycles. The van der Waals surface area contributed by atoms with Crippen LogP contribution in [0, 0.1) is 0 Å². The largest absolute Gasteiger partial charge is 0.508 e. The van der Waals surface area contributed by atoms with Crippen molar-refractivity contribution in [2.75, 3.05) is 18.0 Å². The maximum Gasteiger partial charge on any atom is 0.153 e. The maximum absolute atomic E-state index is 12.8. The fourth-order valence-corrected chi connectivity index (χ4v) is 3.24. The number of hydrogen-bond donors (Lipinski definition) is 1. The minimum atomic E-state index is -1.59. The van der Waals surface area contributed by atoms with Gasteiger partial charge in [-0.15, -0.1) is 0 Å². The van der Waals surface area contributed by atoms with Gasteiger partial charge in [0, 0.05) is 6.07 Å². The van der Waals surface area contributed by atoms with E-state index < -0.39 is 11.0 Å². The van der Waals surface area contributed by atoms with Gasteiger partial charge >= 0.3 is 0 Å². The second-order valence-electron chi connectivity index (χ2n) is 4.66. The molecule has 0 aliphatic heterocycles. The molecule has 0 amide bonds. The summed E-state index contributed by atoms with van der Waals surface area (Å²) in [5.41, 5.74) is 0.403. The van der Waals surface area contributed by atoms with Crippen LogP contribution < -0.4 is 9.04 Å². The average Bonchev–Trinajstić information content (AvgIpc) is 2.52. The number of nitrogens with zero attached hydrogens (tertiary/aromatic N) is 1. The Labute approximate surface area is 131 Å². The minimum Gasteiger partial charge on any atom is -0.508 e. The Hall–Kier alpha value is -2.34. The van der Waals surface area contributed by atoms with Crippen molar-refractivity contribution in [1.29, 1.82) is 0 Å². The van der Waals surface area contributed by atoms with Gasteiger partial charge in [-0.3, -0.25) is 9.10 Å². The predicted octanol–water partition coefficient (Wildman–Crippen LogP) is 2.52. The molecule has 116 valence electrons. The Bertz CT molecular complexity index is 688. The molecule has 22 heavy (non-hydrogen) atoms. The van der Waals surface area contributed by atoms with Crippen molar-refractivity contribution in [3.05, 3.63) is 48.5 Å². The molecule has 0 aliphatic rings. The van der Waals surface area contributed by atoms with Gasteiger partial charge in [0.2, 0.25) is 0 Å². The third kappa shape index (κ3) is 3.65. The molecule has 0 heterocycles. The topological polar surface area (TPSA) is 66.8 Å². The number of phenols is 1. The molecule has 5 nitrogen and oxygen atoms in total. The molecule has 0 aliphatic carbocycles. The Kier molecular flexibility index (Phi) is 5.16. The van der Waals surface area contributed by atoms with Gasteiger partial charge in [0.15, 0.2) is 11.0 Å². The summed E-state index contributed by atoms with van der Waals surface area (Å²) in [6.45, 7) is 1.37. The van der Waals surface area contributed by atoms with Crippen molar-refractivity contribution in [2.45, 2.75) is 11.8 Å². The number of carbonyl (C=O) groups is 1. The van der Waals surface area contributed by atoms with E-state index in [4.69, 9.17) is 4.74 Å². The number of phenolic OH excluding ortho intramolecular Hbond substituents is 1. The number of carbonyl (C=O) groups excluding carboxylic acids is 1. The highest BCUT2D eigenvalue weighted by Gasteiger charge is 2.21. The highest BCUT2D eigenvalue weighted by atomic mass is 32.2. The quantitative estimate of drug-likeness (QED) is 0.888. The summed E-state index contributed by atoms with van der Waals surface area (Å²) in [7, 11) is -0.112. The number of aromatic hydroxyl groups is 1. The summed E-state index contributed by atoms with van der Waals surface area (Å²) in [4.78, 5) is 12.1. The summed E-state index contributed by atoms with van der Waals surface area (Å²) in [5.74, 6) is 0.299. The van der Waals surface area contributed by atoms with Crippen LogP contribution in [0.5, 0.6) is 11.5 Å². The molecule has 1 atom stereocenters. The lowest BCUT2D eigenvalue weighted by Crippen LogP contribution is -2.31. The molecular formula is C16H17NO4S. The van der Waals surface area contributed by atoms with Gasteiger partial charge in [-0.2, -0.15) is 0 Å². The van der Waals surface area contributed by atoms with Crippen LogP contribution in [-0.2, 0) is 15.8 Å². The van der Waals surface area contributed by atoms with E-state index in [1.807, 2.05) is 6.07 Å². The summed E-state index contributed by atoms with van der Waals surface area (Å²) in [5, 5.41) is 9.70. The van der Waals surface area contributed by atoms with Crippen LogP contribution in [0.25, 0.3) is 0 Å². The number of Topliss-reactive ketones (excluding diaryl/α,β-unsaturated/α-hetero) is 1. The lowest BCUT2D eigenvalue weighted by molar-refractivity contribution is -0.115. The first-order valence-corrected chi connectivity index (χ1v) is 7.74. The molecular weight excluding hydrogens is 302 g/mol. The average molecular weight is 319 g/mol. The monoisotopic (exact) mass is 319 g/mol. The first-order chi connectivity index (χ1) is 10.5. The fourth-order valence-electron chi connectivity index (χ4n) is 1.97. The number of anilines is 1. The van der Waals surface area contributed by atoms with Gasteiger partial charge in [-0.1, -0.05) is 18.2 Å². The molecule has 2 rings (SSSR count). The molecule has 0 spiro atoms. The van der Waals surface area contributed by atoms with E-state index in [2.05, 4.69) is 0 Å². The summed E-state index contributed by atoms with van der Waals surface area (Å²) in [6.07, 6.45) is 0. The number of benzene rings is 2. The van der Waals surface area contributed by atoms with Crippen molar-refractivity contribution in [3.63, 3.8) is 0 Å². The zero-order chi connectivity index (χ0) is 16.1. The van der Waals surface area contributed by atoms with Crippen molar-refractivity contribution >= 4 is 22.5 Å². The molecule has 2 aromatic carbocycles. The van der Waals surface area contributed by atoms with Crippen LogP contribution in [-0.4, -0.2) is 28.8 Å². The van der Waals surface area contributed by atoms with Gasteiger partial charge < -0.3 is 9.84 Å². The highest BCUT2D eigenvalue weighted by molar-refractivity contribution is 7.86. The van der Waals surface area contributed by atoms with Gasteiger partial charge in [0.25, 0.3) is 0 Å². The van der Waals surface area contributed by atoms with Crippen LogP contribution in [0.15, 0.2) is 53.4 Å². The van der Waals surface area contributed by atoms with Crippen LogP contribution in [0.2, 0.25) is 0 Å². The summed E-state index contributed by atoms with van der Waals surface area (Å²) < 4.78 is 19.5. The fraction of sp³-hybridized carbons (Fsp3) is 0.188. The normalized spacial score (nSPS) is 11.7. The van der Waals surface area contributed by atoms with Gasteiger partial charge in [-0.05, 0) is 31.2 Å². The number of ketones is 1. The zero-order valence-corrected chi connectivity index (χ0v) is 13.2. The van der Waals surface area contributed by atoms with E-state index in [9.17, 15) is 14.1 Å². The molecule has 0 saturated carbocycles. The van der Waals surface area contributed by atoms with Crippen LogP contribution in [0.1, 0.15) is 6.92 Å². The summed E-state index contributed by atoms with van der Waals surface area (Å²) >= 11 is 0. The first kappa shape index (κ1) is 16.0. The van der Waals surface area contributed by atoms with Crippen LogP contribution >= 0.6 is 0 Å². The molecule has 0 radical (unpaired) electrons. The van der Waals surface area contributed by atoms with Gasteiger partial charge in [0.1, 0.15) is 17.3 Å². The minimum absolute atomic E-state index is 0.00872. The number of methoxy groups -OCH3 is 1. The summed E-state index contributed by atoms with van der Waals surface area (Å²) in [6, 6.07) is 13.3. The molecule has 1 N–H and O–H groups in total. The Morgan fingerprint density at radius 2 is 1.91 bits per heavy atom. The Morgan fingerprint density at radius 3 is 2.50 bits per heavy atom. The van der Waals surface area contributed by atoms with Crippen molar-refractivity contribution in [1.82, 2.24) is 0 Å². The Morgan fingerprint density at radius 1 is 1.23 bits per heavy atom. The number of ether oxygens (including phenoxy) is 1. The maximum atomic E-state index is 12.8. The number of hydrogen-bond acceptors (Lipinski definition) is 4. The lowest BCUT2D eigenvalue weighted by Gasteiger charge is -2.24. The third-order valence-corrected chi connectivity index (χ3v) is 4.34. The van der Waals surface area contributed by atoms with Crippen LogP contribution in [0.3, 0.4) is 0 Å². The van der Waals surface area contributed by atoms with E-state index in [1.165, 1.54) is 30.5 Å². The Balaban J connectivity index is 2.49. The molecule has 6 heteroatoms. The van der Waals surface area contributed by atoms with E-state index in [-0.39, 0.29) is 18.1 Å². The van der Waals surface area contributed by atoms with E-state index in [0.717, 1.165) is 0 Å².